The Kier molecular flexibility index (Phi) is 3.13. The van der Waals surface area contributed by atoms with Crippen molar-refractivity contribution in [3.05, 3.63) is 12.2 Å². The Morgan fingerprint density at radius 2 is 2.38 bits per heavy atom. The van der Waals surface area contributed by atoms with Gasteiger partial charge in [0.15, 0.2) is 0 Å². The number of carbonyl (C=O) groups is 1. The molecule has 0 aromatic rings. The summed E-state index contributed by atoms with van der Waals surface area (Å²) in [4.78, 5) is 11.1. The topological polar surface area (TPSA) is 37.3 Å². The van der Waals surface area contributed by atoms with E-state index in [-0.39, 0.29) is 0 Å². The zero-order valence-electron chi connectivity index (χ0n) is 7.62. The predicted molar refractivity (Wildman–Crippen MR) is 51.1 cm³/mol. The molecule has 0 spiro atoms. The first-order chi connectivity index (χ1) is 6.21. The van der Waals surface area contributed by atoms with Crippen molar-refractivity contribution >= 4 is 5.97 Å². The Hall–Kier alpha value is -1.23. The second-order valence-corrected chi connectivity index (χ2v) is 3.50. The van der Waals surface area contributed by atoms with Gasteiger partial charge in [0.1, 0.15) is 0 Å². The van der Waals surface area contributed by atoms with E-state index in [1.54, 1.807) is 0 Å². The lowest BCUT2D eigenvalue weighted by molar-refractivity contribution is -0.149. The van der Waals surface area contributed by atoms with Gasteiger partial charge in [0, 0.05) is 6.42 Å². The summed E-state index contributed by atoms with van der Waals surface area (Å²) >= 11 is 0. The number of hydrogen-bond donors (Lipinski definition) is 1. The molecule has 2 heteroatoms. The van der Waals surface area contributed by atoms with Crippen molar-refractivity contribution in [1.82, 2.24) is 0 Å². The van der Waals surface area contributed by atoms with Crippen LogP contribution in [-0.2, 0) is 4.79 Å². The maximum atomic E-state index is 11.1. The average Bonchev–Trinajstić information content (AvgIpc) is 2.16. The molecule has 70 valence electrons. The third kappa shape index (κ3) is 2.12. The van der Waals surface area contributed by atoms with Crippen molar-refractivity contribution in [2.24, 2.45) is 5.41 Å². The van der Waals surface area contributed by atoms with Gasteiger partial charge in [0.2, 0.25) is 0 Å². The standard InChI is InChI=1S/C11H14O2/c1-2-3-7-11(10(12)13)8-5-4-6-9-11/h1,4-5H,3,6-9H2,(H,12,13). The summed E-state index contributed by atoms with van der Waals surface area (Å²) in [5.74, 6) is 1.81. The third-order valence-electron chi connectivity index (χ3n) is 2.67. The Morgan fingerprint density at radius 3 is 2.85 bits per heavy atom. The molecule has 0 aliphatic heterocycles. The number of carboxylic acid groups (broad SMARTS) is 1. The van der Waals surface area contributed by atoms with Crippen LogP contribution in [0, 0.1) is 17.8 Å². The molecule has 1 rings (SSSR count). The molecule has 1 aliphatic carbocycles. The second-order valence-electron chi connectivity index (χ2n) is 3.50. The third-order valence-corrected chi connectivity index (χ3v) is 2.67. The second kappa shape index (κ2) is 4.13. The van der Waals surface area contributed by atoms with Crippen molar-refractivity contribution in [2.45, 2.75) is 32.1 Å². The lowest BCUT2D eigenvalue weighted by atomic mass is 9.74. The molecule has 1 aliphatic rings. The highest BCUT2D eigenvalue weighted by molar-refractivity contribution is 5.75. The highest BCUT2D eigenvalue weighted by atomic mass is 16.4. The van der Waals surface area contributed by atoms with E-state index >= 15 is 0 Å². The summed E-state index contributed by atoms with van der Waals surface area (Å²) in [6, 6.07) is 0. The monoisotopic (exact) mass is 178 g/mol. The van der Waals surface area contributed by atoms with E-state index in [1.165, 1.54) is 0 Å². The molecule has 13 heavy (non-hydrogen) atoms. The molecule has 0 heterocycles. The molecular weight excluding hydrogens is 164 g/mol. The summed E-state index contributed by atoms with van der Waals surface area (Å²) < 4.78 is 0. The number of carboxylic acids is 1. The molecule has 1 atom stereocenters. The lowest BCUT2D eigenvalue weighted by Crippen LogP contribution is -2.31. The van der Waals surface area contributed by atoms with Gasteiger partial charge in [0.25, 0.3) is 0 Å². The maximum Gasteiger partial charge on any atom is 0.309 e. The first-order valence-corrected chi connectivity index (χ1v) is 4.53. The Balaban J connectivity index is 2.70. The van der Waals surface area contributed by atoms with Gasteiger partial charge in [-0.15, -0.1) is 12.3 Å². The molecule has 1 N–H and O–H groups in total. The molecule has 0 aromatic carbocycles. The van der Waals surface area contributed by atoms with Gasteiger partial charge in [-0.1, -0.05) is 12.2 Å². The van der Waals surface area contributed by atoms with Crippen molar-refractivity contribution in [3.63, 3.8) is 0 Å². The molecule has 0 radical (unpaired) electrons. The number of rotatable bonds is 3. The number of hydrogen-bond acceptors (Lipinski definition) is 1. The molecule has 0 aromatic heterocycles. The van der Waals surface area contributed by atoms with Crippen LogP contribution in [0.2, 0.25) is 0 Å². The largest absolute Gasteiger partial charge is 0.481 e. The van der Waals surface area contributed by atoms with Gasteiger partial charge in [-0.2, -0.15) is 0 Å². The summed E-state index contributed by atoms with van der Waals surface area (Å²) in [6.45, 7) is 0. The van der Waals surface area contributed by atoms with E-state index in [0.717, 1.165) is 12.8 Å². The molecule has 0 bridgehead atoms. The zero-order chi connectivity index (χ0) is 9.73. The Labute approximate surface area is 78.6 Å². The Morgan fingerprint density at radius 1 is 1.62 bits per heavy atom. The predicted octanol–water partition coefficient (Wildman–Crippen LogP) is 2.21. The van der Waals surface area contributed by atoms with Crippen LogP contribution in [0.15, 0.2) is 12.2 Å². The van der Waals surface area contributed by atoms with E-state index in [2.05, 4.69) is 5.92 Å². The fourth-order valence-corrected chi connectivity index (χ4v) is 1.73. The maximum absolute atomic E-state index is 11.1. The molecule has 2 nitrogen and oxygen atoms in total. The first kappa shape index (κ1) is 9.85. The van der Waals surface area contributed by atoms with E-state index in [4.69, 9.17) is 11.5 Å². The van der Waals surface area contributed by atoms with E-state index < -0.39 is 11.4 Å². The van der Waals surface area contributed by atoms with E-state index in [1.807, 2.05) is 12.2 Å². The van der Waals surface area contributed by atoms with E-state index in [0.29, 0.717) is 19.3 Å². The summed E-state index contributed by atoms with van der Waals surface area (Å²) in [6.07, 6.45) is 12.5. The number of aliphatic carboxylic acids is 1. The fourth-order valence-electron chi connectivity index (χ4n) is 1.73. The van der Waals surface area contributed by atoms with Gasteiger partial charge in [-0.25, -0.2) is 0 Å². The minimum atomic E-state index is -0.702. The van der Waals surface area contributed by atoms with Crippen molar-refractivity contribution in [3.8, 4) is 12.3 Å². The van der Waals surface area contributed by atoms with Gasteiger partial charge in [-0.05, 0) is 25.7 Å². The van der Waals surface area contributed by atoms with E-state index in [9.17, 15) is 4.79 Å². The van der Waals surface area contributed by atoms with Crippen LogP contribution in [0.5, 0.6) is 0 Å². The van der Waals surface area contributed by atoms with Gasteiger partial charge < -0.3 is 5.11 Å². The molecular formula is C11H14O2. The summed E-state index contributed by atoms with van der Waals surface area (Å²) in [5, 5.41) is 9.11. The first-order valence-electron chi connectivity index (χ1n) is 4.53. The molecule has 0 fully saturated rings. The smallest absolute Gasteiger partial charge is 0.309 e. The van der Waals surface area contributed by atoms with Gasteiger partial charge in [0.05, 0.1) is 5.41 Å². The highest BCUT2D eigenvalue weighted by Crippen LogP contribution is 2.37. The molecule has 0 saturated carbocycles. The lowest BCUT2D eigenvalue weighted by Gasteiger charge is -2.29. The normalized spacial score (nSPS) is 26.7. The van der Waals surface area contributed by atoms with Crippen LogP contribution >= 0.6 is 0 Å². The van der Waals surface area contributed by atoms with Crippen LogP contribution in [0.1, 0.15) is 32.1 Å². The van der Waals surface area contributed by atoms with Crippen molar-refractivity contribution < 1.29 is 9.90 Å². The molecule has 0 saturated heterocycles. The Bertz CT molecular complexity index is 260. The van der Waals surface area contributed by atoms with Crippen molar-refractivity contribution in [1.29, 1.82) is 0 Å². The SMILES string of the molecule is C#CCCC1(C(=O)O)CC=CCC1. The molecule has 1 unspecified atom stereocenters. The minimum absolute atomic E-state index is 0.556. The quantitative estimate of drug-likeness (QED) is 0.531. The average molecular weight is 178 g/mol. The summed E-state index contributed by atoms with van der Waals surface area (Å²) in [7, 11) is 0. The highest BCUT2D eigenvalue weighted by Gasteiger charge is 2.37. The summed E-state index contributed by atoms with van der Waals surface area (Å²) in [5.41, 5.74) is -0.582. The van der Waals surface area contributed by atoms with Crippen molar-refractivity contribution in [2.75, 3.05) is 0 Å². The number of allylic oxidation sites excluding steroid dienone is 2. The molecule has 0 amide bonds. The number of terminal acetylenes is 1. The van der Waals surface area contributed by atoms with Crippen LogP contribution in [0.3, 0.4) is 0 Å². The van der Waals surface area contributed by atoms with Gasteiger partial charge >= 0.3 is 5.97 Å². The fraction of sp³-hybridized carbons (Fsp3) is 0.545. The van der Waals surface area contributed by atoms with Gasteiger partial charge in [-0.3, -0.25) is 4.79 Å². The van der Waals surface area contributed by atoms with Crippen LogP contribution in [0.25, 0.3) is 0 Å². The minimum Gasteiger partial charge on any atom is -0.481 e. The van der Waals surface area contributed by atoms with Crippen LogP contribution in [-0.4, -0.2) is 11.1 Å². The van der Waals surface area contributed by atoms with Crippen LogP contribution in [0.4, 0.5) is 0 Å². The van der Waals surface area contributed by atoms with Crippen LogP contribution < -0.4 is 0 Å². The zero-order valence-corrected chi connectivity index (χ0v) is 7.62.